The van der Waals surface area contributed by atoms with Gasteiger partial charge in [-0.05, 0) is 12.1 Å². The second-order valence-electron chi connectivity index (χ2n) is 2.71. The van der Waals surface area contributed by atoms with Crippen molar-refractivity contribution in [1.82, 2.24) is 0 Å². The lowest BCUT2D eigenvalue weighted by Gasteiger charge is -2.11. The van der Waals surface area contributed by atoms with Crippen LogP contribution < -0.4 is 11.5 Å². The second kappa shape index (κ2) is 3.81. The minimum atomic E-state index is -1.37. The Morgan fingerprint density at radius 3 is 2.64 bits per heavy atom. The molecule has 1 rings (SSSR count). The Hall–Kier alpha value is -1.33. The molecule has 0 aliphatic heterocycles. The van der Waals surface area contributed by atoms with Crippen LogP contribution in [0.2, 0.25) is 5.02 Å². The van der Waals surface area contributed by atoms with Crippen molar-refractivity contribution in [3.05, 3.63) is 28.5 Å². The third kappa shape index (κ3) is 1.94. The molecule has 0 unspecified atom stereocenters. The molecule has 0 saturated carbocycles. The zero-order chi connectivity index (χ0) is 10.9. The first-order valence-corrected chi connectivity index (χ1v) is 4.04. The van der Waals surface area contributed by atoms with Gasteiger partial charge < -0.3 is 16.6 Å². The zero-order valence-corrected chi connectivity index (χ0v) is 7.75. The van der Waals surface area contributed by atoms with Crippen LogP contribution in [0, 0.1) is 5.82 Å². The third-order valence-corrected chi connectivity index (χ3v) is 2.04. The van der Waals surface area contributed by atoms with E-state index >= 15 is 0 Å². The van der Waals surface area contributed by atoms with Crippen molar-refractivity contribution >= 4 is 23.3 Å². The molecule has 6 heteroatoms. The third-order valence-electron chi connectivity index (χ3n) is 1.73. The van der Waals surface area contributed by atoms with E-state index in [1.165, 1.54) is 0 Å². The summed E-state index contributed by atoms with van der Waals surface area (Å²) in [6.07, 6.45) is 0. The van der Waals surface area contributed by atoms with Gasteiger partial charge in [0.2, 0.25) is 0 Å². The van der Waals surface area contributed by atoms with Crippen LogP contribution in [0.4, 0.5) is 10.1 Å². The molecule has 0 spiro atoms. The highest BCUT2D eigenvalue weighted by molar-refractivity contribution is 6.33. The molecule has 4 nitrogen and oxygen atoms in total. The van der Waals surface area contributed by atoms with E-state index < -0.39 is 17.8 Å². The van der Waals surface area contributed by atoms with Crippen LogP contribution in [0.15, 0.2) is 12.1 Å². The Bertz CT molecular complexity index is 384. The number of aliphatic carboxylic acids is 1. The van der Waals surface area contributed by atoms with Gasteiger partial charge in [0.15, 0.2) is 0 Å². The first-order valence-electron chi connectivity index (χ1n) is 3.66. The van der Waals surface area contributed by atoms with Gasteiger partial charge in [-0.15, -0.1) is 0 Å². The Balaban J connectivity index is 3.26. The molecule has 14 heavy (non-hydrogen) atoms. The topological polar surface area (TPSA) is 89.3 Å². The van der Waals surface area contributed by atoms with Gasteiger partial charge in [0, 0.05) is 5.56 Å². The summed E-state index contributed by atoms with van der Waals surface area (Å²) in [5.41, 5.74) is 10.7. The largest absolute Gasteiger partial charge is 0.480 e. The van der Waals surface area contributed by atoms with Crippen molar-refractivity contribution < 1.29 is 14.3 Å². The number of anilines is 1. The fourth-order valence-corrected chi connectivity index (χ4v) is 1.21. The second-order valence-corrected chi connectivity index (χ2v) is 3.11. The maximum absolute atomic E-state index is 12.8. The number of benzene rings is 1. The van der Waals surface area contributed by atoms with E-state index in [2.05, 4.69) is 0 Å². The van der Waals surface area contributed by atoms with Gasteiger partial charge in [-0.1, -0.05) is 11.6 Å². The molecule has 1 aromatic carbocycles. The van der Waals surface area contributed by atoms with E-state index in [0.717, 1.165) is 12.1 Å². The van der Waals surface area contributed by atoms with E-state index in [1.54, 1.807) is 0 Å². The first-order chi connectivity index (χ1) is 6.43. The van der Waals surface area contributed by atoms with Crippen molar-refractivity contribution in [2.75, 3.05) is 5.73 Å². The average molecular weight is 219 g/mol. The molecule has 76 valence electrons. The van der Waals surface area contributed by atoms with Crippen molar-refractivity contribution in [1.29, 1.82) is 0 Å². The van der Waals surface area contributed by atoms with Crippen LogP contribution >= 0.6 is 11.6 Å². The standard InChI is InChI=1S/C8H8ClFN2O2/c9-5-2-3(10)1-4(6(5)11)7(12)8(13)14/h1-2,7H,11-12H2,(H,13,14)/t7-/m0/s1. The summed E-state index contributed by atoms with van der Waals surface area (Å²) in [5, 5.41) is 8.55. The van der Waals surface area contributed by atoms with Gasteiger partial charge in [0.25, 0.3) is 0 Å². The van der Waals surface area contributed by atoms with Crippen molar-refractivity contribution in [2.24, 2.45) is 5.73 Å². The highest BCUT2D eigenvalue weighted by Gasteiger charge is 2.19. The fraction of sp³-hybridized carbons (Fsp3) is 0.125. The molecule has 1 aromatic rings. The van der Waals surface area contributed by atoms with E-state index in [-0.39, 0.29) is 16.3 Å². The van der Waals surface area contributed by atoms with Gasteiger partial charge in [-0.3, -0.25) is 4.79 Å². The minimum Gasteiger partial charge on any atom is -0.480 e. The van der Waals surface area contributed by atoms with Gasteiger partial charge >= 0.3 is 5.97 Å². The number of nitrogens with two attached hydrogens (primary N) is 2. The Morgan fingerprint density at radius 2 is 2.14 bits per heavy atom. The highest BCUT2D eigenvalue weighted by atomic mass is 35.5. The monoisotopic (exact) mass is 218 g/mol. The van der Waals surface area contributed by atoms with Gasteiger partial charge in [-0.2, -0.15) is 0 Å². The smallest absolute Gasteiger partial charge is 0.325 e. The Labute approximate surface area is 84.3 Å². The Kier molecular flexibility index (Phi) is 2.93. The molecule has 0 amide bonds. The number of halogens is 2. The minimum absolute atomic E-state index is 0.0111. The number of rotatable bonds is 2. The van der Waals surface area contributed by atoms with Crippen LogP contribution in [0.5, 0.6) is 0 Å². The summed E-state index contributed by atoms with van der Waals surface area (Å²) in [7, 11) is 0. The van der Waals surface area contributed by atoms with Gasteiger partial charge in [0.05, 0.1) is 10.7 Å². The highest BCUT2D eigenvalue weighted by Crippen LogP contribution is 2.28. The normalized spacial score (nSPS) is 12.5. The average Bonchev–Trinajstić information content (AvgIpc) is 2.09. The summed E-state index contributed by atoms with van der Waals surface area (Å²) >= 11 is 5.55. The van der Waals surface area contributed by atoms with Gasteiger partial charge in [-0.25, -0.2) is 4.39 Å². The molecular weight excluding hydrogens is 211 g/mol. The lowest BCUT2D eigenvalue weighted by Crippen LogP contribution is -2.22. The number of carboxylic acid groups (broad SMARTS) is 1. The lowest BCUT2D eigenvalue weighted by atomic mass is 10.1. The summed E-state index contributed by atoms with van der Waals surface area (Å²) in [4.78, 5) is 10.5. The SMILES string of the molecule is Nc1c(Cl)cc(F)cc1[C@H](N)C(=O)O. The van der Waals surface area contributed by atoms with Crippen LogP contribution in [-0.2, 0) is 4.79 Å². The maximum Gasteiger partial charge on any atom is 0.325 e. The number of carbonyl (C=O) groups is 1. The van der Waals surface area contributed by atoms with Crippen molar-refractivity contribution in [2.45, 2.75) is 6.04 Å². The van der Waals surface area contributed by atoms with E-state index in [9.17, 15) is 9.18 Å². The number of hydrogen-bond donors (Lipinski definition) is 3. The number of nitrogen functional groups attached to an aromatic ring is 1. The van der Waals surface area contributed by atoms with E-state index in [0.29, 0.717) is 0 Å². The van der Waals surface area contributed by atoms with Crippen molar-refractivity contribution in [3.8, 4) is 0 Å². The molecule has 0 radical (unpaired) electrons. The predicted molar refractivity (Wildman–Crippen MR) is 50.4 cm³/mol. The molecule has 0 aliphatic carbocycles. The molecule has 1 atom stereocenters. The molecule has 5 N–H and O–H groups in total. The van der Waals surface area contributed by atoms with Crippen molar-refractivity contribution in [3.63, 3.8) is 0 Å². The van der Waals surface area contributed by atoms with E-state index in [4.69, 9.17) is 28.2 Å². The predicted octanol–water partition coefficient (Wildman–Crippen LogP) is 1.15. The van der Waals surface area contributed by atoms with E-state index in [1.807, 2.05) is 0 Å². The maximum atomic E-state index is 12.8. The van der Waals surface area contributed by atoms with Gasteiger partial charge in [0.1, 0.15) is 11.9 Å². The van der Waals surface area contributed by atoms with Crippen LogP contribution in [-0.4, -0.2) is 11.1 Å². The lowest BCUT2D eigenvalue weighted by molar-refractivity contribution is -0.138. The molecule has 0 aromatic heterocycles. The first kappa shape index (κ1) is 10.7. The summed E-state index contributed by atoms with van der Waals surface area (Å²) in [5.74, 6) is -1.96. The molecular formula is C8H8ClFN2O2. The summed E-state index contributed by atoms with van der Waals surface area (Å²) in [6.45, 7) is 0. The molecule has 0 fully saturated rings. The summed E-state index contributed by atoms with van der Waals surface area (Å²) in [6, 6.07) is 0.581. The Morgan fingerprint density at radius 1 is 1.57 bits per heavy atom. The van der Waals surface area contributed by atoms with Crippen LogP contribution in [0.3, 0.4) is 0 Å². The van der Waals surface area contributed by atoms with Crippen LogP contribution in [0.25, 0.3) is 0 Å². The fourth-order valence-electron chi connectivity index (χ4n) is 0.995. The molecule has 0 bridgehead atoms. The zero-order valence-electron chi connectivity index (χ0n) is 7.00. The number of carboxylic acids is 1. The molecule has 0 aliphatic rings. The molecule has 0 saturated heterocycles. The molecule has 0 heterocycles. The summed E-state index contributed by atoms with van der Waals surface area (Å²) < 4.78 is 12.8. The quantitative estimate of drug-likeness (QED) is 0.650. The number of hydrogen-bond acceptors (Lipinski definition) is 3. The van der Waals surface area contributed by atoms with Crippen LogP contribution in [0.1, 0.15) is 11.6 Å².